The van der Waals surface area contributed by atoms with Crippen molar-refractivity contribution in [3.8, 4) is 0 Å². The highest BCUT2D eigenvalue weighted by atomic mass is 16.1. The van der Waals surface area contributed by atoms with Gasteiger partial charge in [-0.1, -0.05) is 56.2 Å². The Bertz CT molecular complexity index is 322. The third kappa shape index (κ3) is 4.92. The number of carbonyl (C=O) groups is 1. The van der Waals surface area contributed by atoms with Gasteiger partial charge in [0, 0.05) is 5.56 Å². The summed E-state index contributed by atoms with van der Waals surface area (Å²) in [4.78, 5) is 10.5. The number of allylic oxidation sites excluding steroid dienone is 2. The van der Waals surface area contributed by atoms with Crippen LogP contribution in [0.25, 0.3) is 0 Å². The second kappa shape index (κ2) is 7.86. The van der Waals surface area contributed by atoms with Crippen LogP contribution in [0.1, 0.15) is 48.5 Å². The molecule has 0 aliphatic rings. The van der Waals surface area contributed by atoms with E-state index in [0.717, 1.165) is 18.3 Å². The first kappa shape index (κ1) is 12.7. The molecule has 0 atom stereocenters. The van der Waals surface area contributed by atoms with E-state index in [1.54, 1.807) is 0 Å². The van der Waals surface area contributed by atoms with Crippen molar-refractivity contribution in [2.75, 3.05) is 0 Å². The molecule has 0 saturated carbocycles. The maximum absolute atomic E-state index is 10.5. The zero-order chi connectivity index (χ0) is 11.6. The summed E-state index contributed by atoms with van der Waals surface area (Å²) in [6, 6.07) is 7.76. The maximum atomic E-state index is 10.5. The third-order valence-corrected chi connectivity index (χ3v) is 2.61. The standard InChI is InChI=1S/C15H20O/c1-2-3-4-5-6-7-8-14-9-11-15(13-16)12-10-14/h6-7,9-13H,2-5,8H2,1H3/b7-6+. The van der Waals surface area contributed by atoms with Gasteiger partial charge in [-0.15, -0.1) is 0 Å². The Labute approximate surface area is 98.2 Å². The molecule has 0 saturated heterocycles. The zero-order valence-corrected chi connectivity index (χ0v) is 9.99. The number of unbranched alkanes of at least 4 members (excludes halogenated alkanes) is 3. The topological polar surface area (TPSA) is 17.1 Å². The first-order valence-corrected chi connectivity index (χ1v) is 6.06. The molecule has 0 N–H and O–H groups in total. The predicted octanol–water partition coefficient (Wildman–Crippen LogP) is 4.18. The largest absolute Gasteiger partial charge is 0.298 e. The van der Waals surface area contributed by atoms with E-state index in [4.69, 9.17) is 0 Å². The minimum absolute atomic E-state index is 0.746. The molecular formula is C15H20O. The molecule has 0 fully saturated rings. The van der Waals surface area contributed by atoms with Gasteiger partial charge in [0.25, 0.3) is 0 Å². The minimum atomic E-state index is 0.746. The van der Waals surface area contributed by atoms with Crippen LogP contribution in [0.2, 0.25) is 0 Å². The number of rotatable bonds is 7. The number of aldehydes is 1. The Morgan fingerprint density at radius 3 is 2.44 bits per heavy atom. The lowest BCUT2D eigenvalue weighted by Crippen LogP contribution is -1.83. The van der Waals surface area contributed by atoms with E-state index in [1.807, 2.05) is 24.3 Å². The van der Waals surface area contributed by atoms with Crippen LogP contribution >= 0.6 is 0 Å². The summed E-state index contributed by atoms with van der Waals surface area (Å²) in [7, 11) is 0. The normalized spacial score (nSPS) is 10.8. The maximum Gasteiger partial charge on any atom is 0.150 e. The molecule has 0 aromatic heterocycles. The van der Waals surface area contributed by atoms with E-state index in [2.05, 4.69) is 19.1 Å². The van der Waals surface area contributed by atoms with E-state index in [0.29, 0.717) is 0 Å². The summed E-state index contributed by atoms with van der Waals surface area (Å²) in [5, 5.41) is 0. The fourth-order valence-electron chi connectivity index (χ4n) is 1.58. The zero-order valence-electron chi connectivity index (χ0n) is 9.99. The Kier molecular flexibility index (Phi) is 6.24. The van der Waals surface area contributed by atoms with Gasteiger partial charge in [0.05, 0.1) is 0 Å². The van der Waals surface area contributed by atoms with Crippen molar-refractivity contribution in [2.24, 2.45) is 0 Å². The highest BCUT2D eigenvalue weighted by Gasteiger charge is 1.91. The Hall–Kier alpha value is -1.37. The SMILES string of the molecule is CCCCC/C=C/Cc1ccc(C=O)cc1. The average Bonchev–Trinajstić information content (AvgIpc) is 2.34. The summed E-state index contributed by atoms with van der Waals surface area (Å²) in [5.74, 6) is 0. The highest BCUT2D eigenvalue weighted by Crippen LogP contribution is 2.05. The van der Waals surface area contributed by atoms with Gasteiger partial charge in [0.1, 0.15) is 6.29 Å². The van der Waals surface area contributed by atoms with Crippen LogP contribution in [-0.2, 0) is 6.42 Å². The van der Waals surface area contributed by atoms with Gasteiger partial charge < -0.3 is 0 Å². The highest BCUT2D eigenvalue weighted by molar-refractivity contribution is 5.74. The predicted molar refractivity (Wildman–Crippen MR) is 68.8 cm³/mol. The second-order valence-electron chi connectivity index (χ2n) is 4.03. The molecule has 1 heteroatoms. The fourth-order valence-corrected chi connectivity index (χ4v) is 1.58. The average molecular weight is 216 g/mol. The molecule has 1 rings (SSSR count). The first-order chi connectivity index (χ1) is 7.86. The molecule has 0 radical (unpaired) electrons. The molecule has 0 heterocycles. The minimum Gasteiger partial charge on any atom is -0.298 e. The van der Waals surface area contributed by atoms with E-state index >= 15 is 0 Å². The van der Waals surface area contributed by atoms with Gasteiger partial charge in [0.2, 0.25) is 0 Å². The van der Waals surface area contributed by atoms with Gasteiger partial charge in [-0.2, -0.15) is 0 Å². The lowest BCUT2D eigenvalue weighted by atomic mass is 10.1. The molecule has 0 spiro atoms. The summed E-state index contributed by atoms with van der Waals surface area (Å²) < 4.78 is 0. The molecule has 1 aromatic rings. The molecule has 86 valence electrons. The molecule has 16 heavy (non-hydrogen) atoms. The van der Waals surface area contributed by atoms with Crippen LogP contribution < -0.4 is 0 Å². The number of carbonyl (C=O) groups excluding carboxylic acids is 1. The van der Waals surface area contributed by atoms with Crippen LogP contribution in [0.4, 0.5) is 0 Å². The Morgan fingerprint density at radius 2 is 1.81 bits per heavy atom. The molecule has 1 aromatic carbocycles. The summed E-state index contributed by atoms with van der Waals surface area (Å²) in [6.45, 7) is 2.22. The van der Waals surface area contributed by atoms with E-state index in [9.17, 15) is 4.79 Å². The van der Waals surface area contributed by atoms with Crippen LogP contribution in [-0.4, -0.2) is 6.29 Å². The summed E-state index contributed by atoms with van der Waals surface area (Å²) in [6.07, 6.45) is 11.4. The van der Waals surface area contributed by atoms with E-state index < -0.39 is 0 Å². The van der Waals surface area contributed by atoms with Crippen molar-refractivity contribution in [2.45, 2.75) is 39.0 Å². The summed E-state index contributed by atoms with van der Waals surface area (Å²) in [5.41, 5.74) is 2.01. The van der Waals surface area contributed by atoms with Gasteiger partial charge >= 0.3 is 0 Å². The van der Waals surface area contributed by atoms with Crippen molar-refractivity contribution < 1.29 is 4.79 Å². The van der Waals surface area contributed by atoms with Gasteiger partial charge in [0.15, 0.2) is 0 Å². The molecule has 0 aliphatic heterocycles. The smallest absolute Gasteiger partial charge is 0.150 e. The van der Waals surface area contributed by atoms with Gasteiger partial charge in [-0.3, -0.25) is 4.79 Å². The second-order valence-corrected chi connectivity index (χ2v) is 4.03. The molecule has 0 unspecified atom stereocenters. The quantitative estimate of drug-likeness (QED) is 0.379. The Balaban J connectivity index is 2.28. The summed E-state index contributed by atoms with van der Waals surface area (Å²) >= 11 is 0. The molecule has 0 aliphatic carbocycles. The Morgan fingerprint density at radius 1 is 1.06 bits per heavy atom. The molecular weight excluding hydrogens is 196 g/mol. The van der Waals surface area contributed by atoms with E-state index in [1.165, 1.54) is 31.2 Å². The lowest BCUT2D eigenvalue weighted by molar-refractivity contribution is 0.112. The first-order valence-electron chi connectivity index (χ1n) is 6.06. The monoisotopic (exact) mass is 216 g/mol. The van der Waals surface area contributed by atoms with Crippen molar-refractivity contribution >= 4 is 6.29 Å². The van der Waals surface area contributed by atoms with Crippen LogP contribution in [0, 0.1) is 0 Å². The fraction of sp³-hybridized carbons (Fsp3) is 0.400. The van der Waals surface area contributed by atoms with Crippen molar-refractivity contribution in [3.63, 3.8) is 0 Å². The molecule has 0 amide bonds. The third-order valence-electron chi connectivity index (χ3n) is 2.61. The van der Waals surface area contributed by atoms with Crippen molar-refractivity contribution in [1.29, 1.82) is 0 Å². The van der Waals surface area contributed by atoms with Crippen LogP contribution in [0.5, 0.6) is 0 Å². The number of benzene rings is 1. The van der Waals surface area contributed by atoms with E-state index in [-0.39, 0.29) is 0 Å². The van der Waals surface area contributed by atoms with Gasteiger partial charge in [-0.25, -0.2) is 0 Å². The molecule has 0 bridgehead atoms. The lowest BCUT2D eigenvalue weighted by Gasteiger charge is -1.96. The van der Waals surface area contributed by atoms with Crippen LogP contribution in [0.15, 0.2) is 36.4 Å². The number of hydrogen-bond donors (Lipinski definition) is 0. The van der Waals surface area contributed by atoms with Gasteiger partial charge in [-0.05, 0) is 24.8 Å². The van der Waals surface area contributed by atoms with Crippen LogP contribution in [0.3, 0.4) is 0 Å². The van der Waals surface area contributed by atoms with Crippen molar-refractivity contribution in [1.82, 2.24) is 0 Å². The molecule has 1 nitrogen and oxygen atoms in total. The number of hydrogen-bond acceptors (Lipinski definition) is 1. The van der Waals surface area contributed by atoms with Crippen molar-refractivity contribution in [3.05, 3.63) is 47.5 Å².